The van der Waals surface area contributed by atoms with Crippen LogP contribution in [0.4, 0.5) is 4.79 Å². The number of amides is 1. The Bertz CT molecular complexity index is 1300. The van der Waals surface area contributed by atoms with E-state index in [2.05, 4.69) is 6.07 Å². The van der Waals surface area contributed by atoms with E-state index in [-0.39, 0.29) is 5.56 Å². The van der Waals surface area contributed by atoms with Gasteiger partial charge in [-0.1, -0.05) is 0 Å². The molecule has 0 saturated carbocycles. The molecule has 4 rings (SSSR count). The molecular weight excluding hydrogens is 420 g/mol. The van der Waals surface area contributed by atoms with Crippen LogP contribution in [-0.4, -0.2) is 39.8 Å². The molecule has 1 atom stereocenters. The third-order valence-corrected chi connectivity index (χ3v) is 5.53. The fourth-order valence-electron chi connectivity index (χ4n) is 4.05. The van der Waals surface area contributed by atoms with Gasteiger partial charge in [0.05, 0.1) is 41.4 Å². The number of benzene rings is 2. The van der Waals surface area contributed by atoms with Crippen molar-refractivity contribution in [3.8, 4) is 17.5 Å². The second kappa shape index (κ2) is 8.58. The molecule has 1 aliphatic rings. The number of carbonyl (C=O) groups is 1. The molecule has 8 heteroatoms. The number of ether oxygens (including phenoxy) is 2. The Labute approximate surface area is 192 Å². The van der Waals surface area contributed by atoms with Crippen LogP contribution in [0.15, 0.2) is 47.3 Å². The number of methoxy groups -OCH3 is 1. The maximum absolute atomic E-state index is 13.7. The summed E-state index contributed by atoms with van der Waals surface area (Å²) in [5.74, 6) is 1.12. The van der Waals surface area contributed by atoms with Crippen molar-refractivity contribution in [2.45, 2.75) is 45.3 Å². The van der Waals surface area contributed by atoms with E-state index in [4.69, 9.17) is 14.5 Å². The summed E-state index contributed by atoms with van der Waals surface area (Å²) in [5, 5.41) is 9.64. The van der Waals surface area contributed by atoms with Gasteiger partial charge in [0.2, 0.25) is 0 Å². The minimum absolute atomic E-state index is 0.298. The highest BCUT2D eigenvalue weighted by atomic mass is 16.6. The molecule has 1 aromatic heterocycles. The Morgan fingerprint density at radius 3 is 2.55 bits per heavy atom. The summed E-state index contributed by atoms with van der Waals surface area (Å²) in [6.45, 7) is 5.99. The number of hydrogen-bond acceptors (Lipinski definition) is 6. The molecule has 1 aliphatic heterocycles. The van der Waals surface area contributed by atoms with E-state index in [1.165, 1.54) is 4.57 Å². The van der Waals surface area contributed by atoms with Crippen molar-refractivity contribution >= 4 is 17.0 Å². The molecular formula is C25H26N4O4. The van der Waals surface area contributed by atoms with Crippen LogP contribution in [0.25, 0.3) is 16.6 Å². The quantitative estimate of drug-likeness (QED) is 0.594. The summed E-state index contributed by atoms with van der Waals surface area (Å²) < 4.78 is 12.4. The Hall–Kier alpha value is -3.86. The summed E-state index contributed by atoms with van der Waals surface area (Å²) in [5.41, 5.74) is 0.531. The number of fused-ring (bicyclic) bond motifs is 1. The van der Waals surface area contributed by atoms with E-state index >= 15 is 0 Å². The van der Waals surface area contributed by atoms with Crippen molar-refractivity contribution < 1.29 is 14.3 Å². The molecule has 2 aromatic carbocycles. The van der Waals surface area contributed by atoms with Crippen LogP contribution in [0.5, 0.6) is 5.75 Å². The first kappa shape index (κ1) is 22.3. The van der Waals surface area contributed by atoms with E-state index in [0.29, 0.717) is 46.7 Å². The maximum atomic E-state index is 13.7. The minimum Gasteiger partial charge on any atom is -0.497 e. The molecule has 33 heavy (non-hydrogen) atoms. The molecule has 0 radical (unpaired) electrons. The second-order valence-electron chi connectivity index (χ2n) is 8.98. The molecule has 0 bridgehead atoms. The molecule has 1 fully saturated rings. The number of nitrogens with zero attached hydrogens (tertiary/aromatic N) is 4. The molecule has 1 saturated heterocycles. The lowest BCUT2D eigenvalue weighted by Crippen LogP contribution is -2.38. The van der Waals surface area contributed by atoms with Gasteiger partial charge in [0.15, 0.2) is 0 Å². The van der Waals surface area contributed by atoms with E-state index in [1.54, 1.807) is 54.5 Å². The van der Waals surface area contributed by atoms with Crippen molar-refractivity contribution in [2.24, 2.45) is 0 Å². The highest BCUT2D eigenvalue weighted by Crippen LogP contribution is 2.33. The predicted molar refractivity (Wildman–Crippen MR) is 124 cm³/mol. The fourth-order valence-corrected chi connectivity index (χ4v) is 4.05. The van der Waals surface area contributed by atoms with Crippen LogP contribution in [0.1, 0.15) is 51.0 Å². The zero-order chi connectivity index (χ0) is 23.8. The molecule has 1 amide bonds. The highest BCUT2D eigenvalue weighted by Gasteiger charge is 2.36. The molecule has 170 valence electrons. The van der Waals surface area contributed by atoms with Crippen LogP contribution in [0.2, 0.25) is 0 Å². The first-order chi connectivity index (χ1) is 15.7. The number of hydrogen-bond donors (Lipinski definition) is 0. The first-order valence-electron chi connectivity index (χ1n) is 10.8. The second-order valence-corrected chi connectivity index (χ2v) is 8.98. The van der Waals surface area contributed by atoms with Gasteiger partial charge in [0, 0.05) is 6.54 Å². The van der Waals surface area contributed by atoms with E-state index < -0.39 is 17.7 Å². The van der Waals surface area contributed by atoms with Crippen molar-refractivity contribution in [3.63, 3.8) is 0 Å². The first-order valence-corrected chi connectivity index (χ1v) is 10.8. The van der Waals surface area contributed by atoms with Gasteiger partial charge in [0.25, 0.3) is 5.56 Å². The molecule has 0 aliphatic carbocycles. The average molecular weight is 447 g/mol. The fraction of sp³-hybridized carbons (Fsp3) is 0.360. The van der Waals surface area contributed by atoms with Gasteiger partial charge >= 0.3 is 6.09 Å². The largest absolute Gasteiger partial charge is 0.497 e. The monoisotopic (exact) mass is 446 g/mol. The number of aromatic nitrogens is 2. The lowest BCUT2D eigenvalue weighted by molar-refractivity contribution is 0.0216. The summed E-state index contributed by atoms with van der Waals surface area (Å²) in [4.78, 5) is 33.1. The topological polar surface area (TPSA) is 97.4 Å². The van der Waals surface area contributed by atoms with Gasteiger partial charge in [-0.2, -0.15) is 5.26 Å². The Morgan fingerprint density at radius 2 is 1.91 bits per heavy atom. The van der Waals surface area contributed by atoms with Gasteiger partial charge in [-0.05, 0) is 76.1 Å². The van der Waals surface area contributed by atoms with Crippen LogP contribution in [-0.2, 0) is 4.74 Å². The number of carbonyl (C=O) groups excluding carboxylic acids is 1. The minimum atomic E-state index is -0.635. The van der Waals surface area contributed by atoms with Crippen LogP contribution < -0.4 is 10.3 Å². The molecule has 0 spiro atoms. The SMILES string of the molecule is COc1ccc(-n2c([C@H]3CCCN3C(=O)OC(C)(C)C)nc3ccc(C#N)cc3c2=O)cc1. The number of rotatable bonds is 3. The third-order valence-electron chi connectivity index (χ3n) is 5.53. The predicted octanol–water partition coefficient (Wildman–Crippen LogP) is 4.34. The van der Waals surface area contributed by atoms with Crippen molar-refractivity contribution in [2.75, 3.05) is 13.7 Å². The van der Waals surface area contributed by atoms with Crippen LogP contribution >= 0.6 is 0 Å². The highest BCUT2D eigenvalue weighted by molar-refractivity contribution is 5.80. The number of likely N-dealkylation sites (tertiary alicyclic amines) is 1. The Balaban J connectivity index is 1.91. The van der Waals surface area contributed by atoms with Gasteiger partial charge in [-0.3, -0.25) is 14.3 Å². The van der Waals surface area contributed by atoms with Crippen molar-refractivity contribution in [3.05, 3.63) is 64.2 Å². The third kappa shape index (κ3) is 4.40. The van der Waals surface area contributed by atoms with Gasteiger partial charge < -0.3 is 9.47 Å². The molecule has 0 N–H and O–H groups in total. The lowest BCUT2D eigenvalue weighted by atomic mass is 10.1. The lowest BCUT2D eigenvalue weighted by Gasteiger charge is -2.29. The molecule has 3 aromatic rings. The molecule has 8 nitrogen and oxygen atoms in total. The number of nitriles is 1. The van der Waals surface area contributed by atoms with Crippen LogP contribution in [0, 0.1) is 11.3 Å². The Kier molecular flexibility index (Phi) is 5.81. The van der Waals surface area contributed by atoms with Gasteiger partial charge in [-0.15, -0.1) is 0 Å². The normalized spacial score (nSPS) is 16.0. The van der Waals surface area contributed by atoms with E-state index in [0.717, 1.165) is 6.42 Å². The standard InChI is InChI=1S/C25H26N4O4/c1-25(2,3)33-24(31)28-13-5-6-21(28)22-27-20-12-7-16(15-26)14-19(20)23(30)29(22)17-8-10-18(32-4)11-9-17/h7-12,14,21H,5-6,13H2,1-4H3/t21-/m1/s1. The van der Waals surface area contributed by atoms with Crippen molar-refractivity contribution in [1.29, 1.82) is 5.26 Å². The zero-order valence-corrected chi connectivity index (χ0v) is 19.2. The average Bonchev–Trinajstić information content (AvgIpc) is 3.28. The summed E-state index contributed by atoms with van der Waals surface area (Å²) in [6, 6.07) is 13.6. The summed E-state index contributed by atoms with van der Waals surface area (Å²) in [6.07, 6.45) is 0.998. The van der Waals surface area contributed by atoms with Crippen molar-refractivity contribution in [1.82, 2.24) is 14.5 Å². The molecule has 0 unspecified atom stereocenters. The summed E-state index contributed by atoms with van der Waals surface area (Å²) in [7, 11) is 1.57. The Morgan fingerprint density at radius 1 is 1.18 bits per heavy atom. The van der Waals surface area contributed by atoms with Gasteiger partial charge in [-0.25, -0.2) is 9.78 Å². The summed E-state index contributed by atoms with van der Waals surface area (Å²) >= 11 is 0. The maximum Gasteiger partial charge on any atom is 0.410 e. The molecule has 2 heterocycles. The zero-order valence-electron chi connectivity index (χ0n) is 19.2. The smallest absolute Gasteiger partial charge is 0.410 e. The van der Waals surface area contributed by atoms with E-state index in [1.807, 2.05) is 20.8 Å². The van der Waals surface area contributed by atoms with Gasteiger partial charge in [0.1, 0.15) is 17.2 Å². The van der Waals surface area contributed by atoms with Crippen LogP contribution in [0.3, 0.4) is 0 Å². The van der Waals surface area contributed by atoms with E-state index in [9.17, 15) is 14.9 Å².